The van der Waals surface area contributed by atoms with Crippen molar-refractivity contribution < 1.29 is 0 Å². The molecule has 0 radical (unpaired) electrons. The fourth-order valence-electron chi connectivity index (χ4n) is 5.93. The molecule has 8 aromatic rings. The Balaban J connectivity index is 1.37. The predicted molar refractivity (Wildman–Crippen MR) is 169 cm³/mol. The van der Waals surface area contributed by atoms with Crippen molar-refractivity contribution in [3.8, 4) is 22.8 Å². The van der Waals surface area contributed by atoms with E-state index < -0.39 is 0 Å². The Morgan fingerprint density at radius 3 is 1.79 bits per heavy atom. The Kier molecular flexibility index (Phi) is 5.34. The van der Waals surface area contributed by atoms with Crippen LogP contribution in [0, 0.1) is 0 Å². The average molecular weight is 543 g/mol. The normalized spacial score (nSPS) is 11.5. The standard InChI is InChI=1S/C36H22N4O2/c41-35-29-16-7-5-13-26(29)30-20-23(18-19-33(30)39(35)24-10-2-1-3-11-24)31-21-37-22-34(38-31)40-32-17-9-8-14-27(32)25-12-4-6-15-28(25)36(40)42/h1-22H. The first-order valence-electron chi connectivity index (χ1n) is 13.7. The monoisotopic (exact) mass is 542 g/mol. The number of para-hydroxylation sites is 2. The second kappa shape index (κ2) is 9.35. The molecule has 198 valence electrons. The fraction of sp³-hybridized carbons (Fsp3) is 0. The number of aromatic nitrogens is 4. The molecule has 0 bridgehead atoms. The smallest absolute Gasteiger partial charge is 0.264 e. The summed E-state index contributed by atoms with van der Waals surface area (Å²) in [4.78, 5) is 36.9. The highest BCUT2D eigenvalue weighted by molar-refractivity contribution is 6.08. The SMILES string of the molecule is O=c1c2ccccc2c2cc(-c3cncc(-n4c(=O)c5ccccc5c5ccccc54)n3)ccc2n1-c1ccccc1. The zero-order chi connectivity index (χ0) is 28.2. The topological polar surface area (TPSA) is 69.8 Å². The maximum Gasteiger partial charge on any atom is 0.264 e. The third-order valence-electron chi connectivity index (χ3n) is 7.84. The van der Waals surface area contributed by atoms with Crippen molar-refractivity contribution in [2.45, 2.75) is 0 Å². The summed E-state index contributed by atoms with van der Waals surface area (Å²) >= 11 is 0. The number of pyridine rings is 2. The van der Waals surface area contributed by atoms with E-state index in [1.807, 2.05) is 121 Å². The van der Waals surface area contributed by atoms with Gasteiger partial charge in [-0.3, -0.25) is 23.7 Å². The van der Waals surface area contributed by atoms with Gasteiger partial charge in [0, 0.05) is 32.8 Å². The summed E-state index contributed by atoms with van der Waals surface area (Å²) in [5, 5.41) is 4.93. The number of fused-ring (bicyclic) bond motifs is 6. The molecule has 0 saturated carbocycles. The van der Waals surface area contributed by atoms with Crippen LogP contribution in [0.15, 0.2) is 143 Å². The second-order valence-corrected chi connectivity index (χ2v) is 10.2. The lowest BCUT2D eigenvalue weighted by Crippen LogP contribution is -2.20. The molecule has 6 heteroatoms. The van der Waals surface area contributed by atoms with Gasteiger partial charge in [0.05, 0.1) is 29.1 Å². The van der Waals surface area contributed by atoms with E-state index in [1.54, 1.807) is 21.5 Å². The van der Waals surface area contributed by atoms with Gasteiger partial charge in [-0.05, 0) is 53.2 Å². The zero-order valence-electron chi connectivity index (χ0n) is 22.3. The molecule has 0 unspecified atom stereocenters. The average Bonchev–Trinajstić information content (AvgIpc) is 3.06. The lowest BCUT2D eigenvalue weighted by atomic mass is 10.0. The number of hydrogen-bond donors (Lipinski definition) is 0. The van der Waals surface area contributed by atoms with Gasteiger partial charge in [0.2, 0.25) is 0 Å². The van der Waals surface area contributed by atoms with E-state index in [0.717, 1.165) is 43.8 Å². The Morgan fingerprint density at radius 1 is 0.476 bits per heavy atom. The minimum Gasteiger partial charge on any atom is -0.276 e. The minimum atomic E-state index is -0.146. The lowest BCUT2D eigenvalue weighted by molar-refractivity contribution is 0.977. The molecule has 0 saturated heterocycles. The summed E-state index contributed by atoms with van der Waals surface area (Å²) in [5.41, 5.74) is 3.61. The van der Waals surface area contributed by atoms with E-state index in [4.69, 9.17) is 4.98 Å². The van der Waals surface area contributed by atoms with E-state index in [-0.39, 0.29) is 11.1 Å². The van der Waals surface area contributed by atoms with Crippen LogP contribution < -0.4 is 11.1 Å². The van der Waals surface area contributed by atoms with Crippen molar-refractivity contribution >= 4 is 43.4 Å². The molecule has 6 nitrogen and oxygen atoms in total. The summed E-state index contributed by atoms with van der Waals surface area (Å²) in [7, 11) is 0. The van der Waals surface area contributed by atoms with Crippen LogP contribution in [-0.4, -0.2) is 19.1 Å². The van der Waals surface area contributed by atoms with E-state index >= 15 is 0 Å². The summed E-state index contributed by atoms with van der Waals surface area (Å²) in [6, 6.07) is 38.8. The molecule has 0 N–H and O–H groups in total. The number of rotatable bonds is 3. The molecular weight excluding hydrogens is 520 g/mol. The van der Waals surface area contributed by atoms with Crippen molar-refractivity contribution in [3.05, 3.63) is 154 Å². The minimum absolute atomic E-state index is 0.0682. The van der Waals surface area contributed by atoms with Gasteiger partial charge in [-0.15, -0.1) is 0 Å². The maximum atomic E-state index is 13.8. The van der Waals surface area contributed by atoms with Gasteiger partial charge in [-0.2, -0.15) is 0 Å². The van der Waals surface area contributed by atoms with Crippen LogP contribution in [0.1, 0.15) is 0 Å². The summed E-state index contributed by atoms with van der Waals surface area (Å²) < 4.78 is 3.39. The van der Waals surface area contributed by atoms with Crippen molar-refractivity contribution in [1.82, 2.24) is 19.1 Å². The Labute approximate surface area is 239 Å². The molecule has 42 heavy (non-hydrogen) atoms. The van der Waals surface area contributed by atoms with Crippen molar-refractivity contribution in [2.24, 2.45) is 0 Å². The van der Waals surface area contributed by atoms with Crippen LogP contribution in [0.5, 0.6) is 0 Å². The molecule has 3 heterocycles. The molecule has 0 spiro atoms. The quantitative estimate of drug-likeness (QED) is 0.224. The van der Waals surface area contributed by atoms with E-state index in [1.165, 1.54) is 0 Å². The summed E-state index contributed by atoms with van der Waals surface area (Å²) in [6.07, 6.45) is 3.32. The van der Waals surface area contributed by atoms with Crippen molar-refractivity contribution in [3.63, 3.8) is 0 Å². The third kappa shape index (κ3) is 3.59. The van der Waals surface area contributed by atoms with Crippen molar-refractivity contribution in [2.75, 3.05) is 0 Å². The zero-order valence-corrected chi connectivity index (χ0v) is 22.3. The lowest BCUT2D eigenvalue weighted by Gasteiger charge is -2.15. The number of benzene rings is 5. The Hall–Kier alpha value is -5.88. The van der Waals surface area contributed by atoms with Crippen LogP contribution >= 0.6 is 0 Å². The largest absolute Gasteiger partial charge is 0.276 e. The second-order valence-electron chi connectivity index (χ2n) is 10.2. The highest BCUT2D eigenvalue weighted by Crippen LogP contribution is 2.30. The maximum absolute atomic E-state index is 13.8. The summed E-state index contributed by atoms with van der Waals surface area (Å²) in [5.74, 6) is 0.443. The van der Waals surface area contributed by atoms with Gasteiger partial charge in [0.25, 0.3) is 11.1 Å². The highest BCUT2D eigenvalue weighted by Gasteiger charge is 2.16. The third-order valence-corrected chi connectivity index (χ3v) is 7.84. The van der Waals surface area contributed by atoms with Gasteiger partial charge in [-0.1, -0.05) is 78.9 Å². The van der Waals surface area contributed by atoms with Gasteiger partial charge in [-0.25, -0.2) is 4.98 Å². The number of hydrogen-bond acceptors (Lipinski definition) is 4. The first kappa shape index (κ1) is 24.0. The molecule has 0 atom stereocenters. The van der Waals surface area contributed by atoms with Crippen molar-refractivity contribution in [1.29, 1.82) is 0 Å². The predicted octanol–water partition coefficient (Wildman–Crippen LogP) is 7.06. The molecular formula is C36H22N4O2. The number of nitrogens with zero attached hydrogens (tertiary/aromatic N) is 4. The molecule has 0 aliphatic heterocycles. The first-order chi connectivity index (χ1) is 20.7. The molecule has 0 aliphatic rings. The Bertz CT molecular complexity index is 2460. The van der Waals surface area contributed by atoms with Gasteiger partial charge >= 0.3 is 0 Å². The molecule has 0 aliphatic carbocycles. The van der Waals surface area contributed by atoms with E-state index in [0.29, 0.717) is 22.3 Å². The molecule has 3 aromatic heterocycles. The van der Waals surface area contributed by atoms with Gasteiger partial charge < -0.3 is 0 Å². The van der Waals surface area contributed by atoms with Crippen LogP contribution in [0.2, 0.25) is 0 Å². The highest BCUT2D eigenvalue weighted by atomic mass is 16.1. The molecule has 0 fully saturated rings. The van der Waals surface area contributed by atoms with Gasteiger partial charge in [0.15, 0.2) is 5.82 Å². The van der Waals surface area contributed by atoms with Crippen LogP contribution in [0.3, 0.4) is 0 Å². The Morgan fingerprint density at radius 2 is 1.05 bits per heavy atom. The van der Waals surface area contributed by atoms with Crippen LogP contribution in [0.4, 0.5) is 0 Å². The molecule has 8 rings (SSSR count). The summed E-state index contributed by atoms with van der Waals surface area (Å²) in [6.45, 7) is 0. The van der Waals surface area contributed by atoms with Crippen LogP contribution in [0.25, 0.3) is 66.1 Å². The first-order valence-corrected chi connectivity index (χ1v) is 13.7. The van der Waals surface area contributed by atoms with Crippen LogP contribution in [-0.2, 0) is 0 Å². The van der Waals surface area contributed by atoms with E-state index in [9.17, 15) is 9.59 Å². The molecule has 5 aromatic carbocycles. The van der Waals surface area contributed by atoms with Gasteiger partial charge in [0.1, 0.15) is 0 Å². The molecule has 0 amide bonds. The fourth-order valence-corrected chi connectivity index (χ4v) is 5.93. The van der Waals surface area contributed by atoms with E-state index in [2.05, 4.69) is 4.98 Å².